The Bertz CT molecular complexity index is 597. The van der Waals surface area contributed by atoms with E-state index in [1.165, 1.54) is 0 Å². The summed E-state index contributed by atoms with van der Waals surface area (Å²) in [4.78, 5) is 12.0. The third-order valence-corrected chi connectivity index (χ3v) is 3.27. The summed E-state index contributed by atoms with van der Waals surface area (Å²) in [6.07, 6.45) is 1.56. The van der Waals surface area contributed by atoms with Gasteiger partial charge in [0.25, 0.3) is 0 Å². The van der Waals surface area contributed by atoms with Crippen LogP contribution in [0, 0.1) is 6.92 Å². The van der Waals surface area contributed by atoms with Gasteiger partial charge >= 0.3 is 0 Å². The molecule has 6 heteroatoms. The van der Waals surface area contributed by atoms with E-state index in [4.69, 9.17) is 5.73 Å². The minimum atomic E-state index is -0.476. The van der Waals surface area contributed by atoms with Gasteiger partial charge in [-0.2, -0.15) is 5.10 Å². The average Bonchev–Trinajstić information content (AvgIpc) is 2.80. The normalized spacial score (nSPS) is 11.6. The minimum absolute atomic E-state index is 0. The van der Waals surface area contributed by atoms with Gasteiger partial charge < -0.3 is 11.1 Å². The largest absolute Gasteiger partial charge is 0.320 e. The van der Waals surface area contributed by atoms with Crippen molar-refractivity contribution < 1.29 is 4.79 Å². The number of carbonyl (C=O) groups excluding carboxylic acids is 1. The number of aryl methyl sites for hydroxylation is 1. The summed E-state index contributed by atoms with van der Waals surface area (Å²) >= 11 is 0. The molecule has 2 rings (SSSR count). The molecule has 1 amide bonds. The molecule has 22 heavy (non-hydrogen) atoms. The van der Waals surface area contributed by atoms with Crippen molar-refractivity contribution in [2.24, 2.45) is 5.73 Å². The summed E-state index contributed by atoms with van der Waals surface area (Å²) < 4.78 is 1.79. The van der Waals surface area contributed by atoms with E-state index >= 15 is 0 Å². The van der Waals surface area contributed by atoms with Gasteiger partial charge in [-0.15, -0.1) is 12.4 Å². The number of hydrogen-bond acceptors (Lipinski definition) is 3. The smallest absolute Gasteiger partial charge is 0.242 e. The number of benzene rings is 1. The van der Waals surface area contributed by atoms with Crippen molar-refractivity contribution in [2.45, 2.75) is 39.3 Å². The van der Waals surface area contributed by atoms with Gasteiger partial charge in [-0.1, -0.05) is 43.7 Å². The Kier molecular flexibility index (Phi) is 7.08. The lowest BCUT2D eigenvalue weighted by molar-refractivity contribution is -0.117. The van der Waals surface area contributed by atoms with E-state index in [1.54, 1.807) is 4.68 Å². The number of carbonyl (C=O) groups is 1. The van der Waals surface area contributed by atoms with Gasteiger partial charge in [0.05, 0.1) is 18.3 Å². The second-order valence-electron chi connectivity index (χ2n) is 5.20. The first kappa shape index (κ1) is 18.2. The molecule has 0 saturated heterocycles. The highest BCUT2D eigenvalue weighted by molar-refractivity contribution is 5.94. The lowest BCUT2D eigenvalue weighted by Gasteiger charge is -2.12. The predicted octanol–water partition coefficient (Wildman–Crippen LogP) is 2.73. The number of halogens is 1. The molecular formula is C16H23ClN4O. The number of amides is 1. The zero-order chi connectivity index (χ0) is 15.2. The van der Waals surface area contributed by atoms with Crippen LogP contribution < -0.4 is 11.1 Å². The summed E-state index contributed by atoms with van der Waals surface area (Å²) in [6, 6.07) is 11.4. The maximum atomic E-state index is 12.0. The molecule has 1 aromatic carbocycles. The van der Waals surface area contributed by atoms with Crippen molar-refractivity contribution in [3.63, 3.8) is 0 Å². The van der Waals surface area contributed by atoms with Crippen LogP contribution in [-0.2, 0) is 11.3 Å². The van der Waals surface area contributed by atoms with Gasteiger partial charge in [-0.05, 0) is 18.9 Å². The minimum Gasteiger partial charge on any atom is -0.320 e. The fourth-order valence-corrected chi connectivity index (χ4v) is 2.18. The first-order valence-electron chi connectivity index (χ1n) is 7.25. The molecule has 0 fully saturated rings. The molecule has 3 N–H and O–H groups in total. The third-order valence-electron chi connectivity index (χ3n) is 3.27. The van der Waals surface area contributed by atoms with Crippen LogP contribution in [0.25, 0.3) is 0 Å². The van der Waals surface area contributed by atoms with Crippen LogP contribution in [-0.4, -0.2) is 21.7 Å². The topological polar surface area (TPSA) is 72.9 Å². The van der Waals surface area contributed by atoms with Crippen LogP contribution in [0.3, 0.4) is 0 Å². The maximum absolute atomic E-state index is 12.0. The molecule has 0 bridgehead atoms. The SMILES string of the molecule is CCCC(N)C(=O)Nc1cc(C)nn1Cc1ccccc1.Cl. The van der Waals surface area contributed by atoms with Gasteiger partial charge in [0.2, 0.25) is 5.91 Å². The number of hydrogen-bond donors (Lipinski definition) is 2. The molecule has 1 unspecified atom stereocenters. The summed E-state index contributed by atoms with van der Waals surface area (Å²) in [5.74, 6) is 0.527. The van der Waals surface area contributed by atoms with E-state index in [0.29, 0.717) is 18.8 Å². The third kappa shape index (κ3) is 4.86. The predicted molar refractivity (Wildman–Crippen MR) is 91.3 cm³/mol. The Hall–Kier alpha value is -1.85. The van der Waals surface area contributed by atoms with Crippen LogP contribution >= 0.6 is 12.4 Å². The number of rotatable bonds is 6. The molecule has 0 spiro atoms. The number of aromatic nitrogens is 2. The molecular weight excluding hydrogens is 300 g/mol. The lowest BCUT2D eigenvalue weighted by Crippen LogP contribution is -2.36. The second kappa shape index (κ2) is 8.56. The molecule has 1 heterocycles. The van der Waals surface area contributed by atoms with E-state index in [1.807, 2.05) is 50.2 Å². The molecule has 0 aliphatic heterocycles. The fraction of sp³-hybridized carbons (Fsp3) is 0.375. The summed E-state index contributed by atoms with van der Waals surface area (Å²) in [6.45, 7) is 4.54. The van der Waals surface area contributed by atoms with Crippen LogP contribution in [0.5, 0.6) is 0 Å². The summed E-state index contributed by atoms with van der Waals surface area (Å²) in [7, 11) is 0. The van der Waals surface area contributed by atoms with E-state index in [-0.39, 0.29) is 18.3 Å². The first-order valence-corrected chi connectivity index (χ1v) is 7.25. The van der Waals surface area contributed by atoms with Gasteiger partial charge in [-0.25, -0.2) is 4.68 Å². The maximum Gasteiger partial charge on any atom is 0.242 e. The second-order valence-corrected chi connectivity index (χ2v) is 5.20. The van der Waals surface area contributed by atoms with Gasteiger partial charge in [0, 0.05) is 6.07 Å². The number of nitrogens with zero attached hydrogens (tertiary/aromatic N) is 2. The van der Waals surface area contributed by atoms with Gasteiger partial charge in [-0.3, -0.25) is 4.79 Å². The molecule has 5 nitrogen and oxygen atoms in total. The zero-order valence-electron chi connectivity index (χ0n) is 13.0. The first-order chi connectivity index (χ1) is 10.1. The molecule has 1 aromatic heterocycles. The Balaban J connectivity index is 0.00000242. The summed E-state index contributed by atoms with van der Waals surface area (Å²) in [5.41, 5.74) is 7.84. The molecule has 0 aliphatic rings. The Morgan fingerprint density at radius 1 is 1.36 bits per heavy atom. The highest BCUT2D eigenvalue weighted by Crippen LogP contribution is 2.13. The number of anilines is 1. The standard InChI is InChI=1S/C16H22N4O.ClH/c1-3-7-14(17)16(21)18-15-10-12(2)19-20(15)11-13-8-5-4-6-9-13;/h4-6,8-10,14H,3,7,11,17H2,1-2H3,(H,18,21);1H. The highest BCUT2D eigenvalue weighted by atomic mass is 35.5. The highest BCUT2D eigenvalue weighted by Gasteiger charge is 2.15. The molecule has 0 aliphatic carbocycles. The average molecular weight is 323 g/mol. The summed E-state index contributed by atoms with van der Waals surface area (Å²) in [5, 5.41) is 7.30. The van der Waals surface area contributed by atoms with Crippen LogP contribution in [0.1, 0.15) is 31.0 Å². The van der Waals surface area contributed by atoms with Crippen molar-refractivity contribution in [3.05, 3.63) is 47.7 Å². The molecule has 0 radical (unpaired) electrons. The molecule has 0 saturated carbocycles. The number of nitrogens with two attached hydrogens (primary N) is 1. The van der Waals surface area contributed by atoms with Crippen LogP contribution in [0.4, 0.5) is 5.82 Å². The molecule has 1 atom stereocenters. The Labute approximate surface area is 137 Å². The Morgan fingerprint density at radius 3 is 2.68 bits per heavy atom. The van der Waals surface area contributed by atoms with Crippen LogP contribution in [0.2, 0.25) is 0 Å². The lowest BCUT2D eigenvalue weighted by atomic mass is 10.2. The van der Waals surface area contributed by atoms with Crippen molar-refractivity contribution >= 4 is 24.1 Å². The quantitative estimate of drug-likeness (QED) is 0.858. The van der Waals surface area contributed by atoms with E-state index in [9.17, 15) is 4.79 Å². The molecule has 120 valence electrons. The fourth-order valence-electron chi connectivity index (χ4n) is 2.18. The van der Waals surface area contributed by atoms with Crippen LogP contribution in [0.15, 0.2) is 36.4 Å². The van der Waals surface area contributed by atoms with Crippen molar-refractivity contribution in [1.82, 2.24) is 9.78 Å². The molecule has 2 aromatic rings. The monoisotopic (exact) mass is 322 g/mol. The van der Waals surface area contributed by atoms with Gasteiger partial charge in [0.15, 0.2) is 0 Å². The number of nitrogens with one attached hydrogen (secondary N) is 1. The van der Waals surface area contributed by atoms with Crippen molar-refractivity contribution in [3.8, 4) is 0 Å². The van der Waals surface area contributed by atoms with Crippen molar-refractivity contribution in [2.75, 3.05) is 5.32 Å². The van der Waals surface area contributed by atoms with E-state index in [2.05, 4.69) is 10.4 Å². The van der Waals surface area contributed by atoms with E-state index < -0.39 is 6.04 Å². The van der Waals surface area contributed by atoms with Gasteiger partial charge in [0.1, 0.15) is 5.82 Å². The van der Waals surface area contributed by atoms with E-state index in [0.717, 1.165) is 17.7 Å². The van der Waals surface area contributed by atoms with Crippen molar-refractivity contribution in [1.29, 1.82) is 0 Å². The zero-order valence-corrected chi connectivity index (χ0v) is 13.8. The Morgan fingerprint density at radius 2 is 2.05 bits per heavy atom.